The van der Waals surface area contributed by atoms with E-state index in [0.29, 0.717) is 0 Å². The zero-order valence-electron chi connectivity index (χ0n) is 22.8. The Morgan fingerprint density at radius 2 is 1.28 bits per heavy atom. The lowest BCUT2D eigenvalue weighted by atomic mass is 9.99. The number of hydrogen-bond donors (Lipinski definition) is 0. The summed E-state index contributed by atoms with van der Waals surface area (Å²) in [5.41, 5.74) is 3.23. The van der Waals surface area contributed by atoms with Crippen molar-refractivity contribution in [2.75, 3.05) is 21.3 Å². The number of hydrogen-bond acceptors (Lipinski definition) is 3. The summed E-state index contributed by atoms with van der Waals surface area (Å²) >= 11 is 0. The van der Waals surface area contributed by atoms with Gasteiger partial charge in [0.25, 0.3) is 0 Å². The van der Waals surface area contributed by atoms with Crippen LogP contribution in [0.3, 0.4) is 0 Å². The first-order valence-corrected chi connectivity index (χ1v) is 14.1. The predicted molar refractivity (Wildman–Crippen MR) is 161 cm³/mol. The van der Waals surface area contributed by atoms with Gasteiger partial charge >= 0.3 is 0 Å². The van der Waals surface area contributed by atoms with Crippen LogP contribution in [0, 0.1) is 6.92 Å². The summed E-state index contributed by atoms with van der Waals surface area (Å²) in [7, 11) is 4.73. The molecule has 0 radical (unpaired) electrons. The van der Waals surface area contributed by atoms with Crippen molar-refractivity contribution in [3.05, 3.63) is 138 Å². The molecular weight excluding hydrogens is 500 g/mol. The van der Waals surface area contributed by atoms with Crippen LogP contribution in [-0.2, 0) is 26.2 Å². The zero-order chi connectivity index (χ0) is 27.2. The second-order valence-electron chi connectivity index (χ2n) is 9.28. The molecule has 0 unspecified atom stereocenters. The zero-order valence-corrected chi connectivity index (χ0v) is 23.6. The molecule has 0 aliphatic rings. The molecule has 3 nitrogen and oxygen atoms in total. The largest absolute Gasteiger partial charge is 0.491 e. The monoisotopic (exact) mass is 533 g/mol. The van der Waals surface area contributed by atoms with Crippen molar-refractivity contribution in [3.8, 4) is 5.75 Å². The molecule has 5 aromatic carbocycles. The van der Waals surface area contributed by atoms with Gasteiger partial charge in [0.15, 0.2) is 15.5 Å². The minimum atomic E-state index is -1.03. The molecule has 0 N–H and O–H groups in total. The normalized spacial score (nSPS) is 11.9. The van der Waals surface area contributed by atoms with Crippen LogP contribution in [0.2, 0.25) is 0 Å². The molecule has 0 bridgehead atoms. The van der Waals surface area contributed by atoms with Gasteiger partial charge in [0.2, 0.25) is 10.7 Å². The van der Waals surface area contributed by atoms with E-state index in [2.05, 4.69) is 122 Å². The number of methoxy groups -OCH3 is 3. The van der Waals surface area contributed by atoms with Crippen LogP contribution in [0.5, 0.6) is 5.75 Å². The van der Waals surface area contributed by atoms with Gasteiger partial charge in [0, 0.05) is 25.2 Å². The molecule has 196 valence electrons. The Morgan fingerprint density at radius 1 is 0.667 bits per heavy atom. The minimum Gasteiger partial charge on any atom is -0.491 e. The van der Waals surface area contributed by atoms with E-state index >= 15 is 0 Å². The fourth-order valence-corrected chi connectivity index (χ4v) is 7.15. The van der Waals surface area contributed by atoms with Crippen molar-refractivity contribution in [2.24, 2.45) is 0 Å². The van der Waals surface area contributed by atoms with Gasteiger partial charge in [0.05, 0.1) is 7.11 Å². The summed E-state index contributed by atoms with van der Waals surface area (Å²) < 4.78 is 18.0. The van der Waals surface area contributed by atoms with E-state index in [1.165, 1.54) is 15.4 Å². The number of ether oxygens (including phenoxy) is 3. The van der Waals surface area contributed by atoms with Crippen LogP contribution in [0.25, 0.3) is 16.8 Å². The Labute approximate surface area is 234 Å². The summed E-state index contributed by atoms with van der Waals surface area (Å²) in [5, 5.41) is 2.23. The third kappa shape index (κ3) is 5.50. The van der Waals surface area contributed by atoms with Gasteiger partial charge in [-0.05, 0) is 66.4 Å². The van der Waals surface area contributed by atoms with Crippen molar-refractivity contribution < 1.29 is 14.2 Å². The van der Waals surface area contributed by atoms with Crippen LogP contribution in [0.15, 0.2) is 136 Å². The van der Waals surface area contributed by atoms with E-state index in [-0.39, 0.29) is 10.9 Å². The smallest absolute Gasteiger partial charge is 0.216 e. The van der Waals surface area contributed by atoms with Gasteiger partial charge in [-0.25, -0.2) is 0 Å². The number of rotatable bonds is 9. The highest BCUT2D eigenvalue weighted by Gasteiger charge is 2.35. The second-order valence-corrected chi connectivity index (χ2v) is 11.2. The van der Waals surface area contributed by atoms with E-state index in [9.17, 15) is 0 Å². The van der Waals surface area contributed by atoms with E-state index < -0.39 is 5.79 Å². The lowest BCUT2D eigenvalue weighted by molar-refractivity contribution is -0.177. The summed E-state index contributed by atoms with van der Waals surface area (Å²) in [5.74, 6) is -0.157. The summed E-state index contributed by atoms with van der Waals surface area (Å²) in [4.78, 5) is 3.64. The second kappa shape index (κ2) is 11.9. The van der Waals surface area contributed by atoms with Gasteiger partial charge < -0.3 is 14.2 Å². The minimum absolute atomic E-state index is 0.364. The first-order valence-electron chi connectivity index (χ1n) is 12.9. The maximum atomic E-state index is 6.00. The van der Waals surface area contributed by atoms with E-state index in [0.717, 1.165) is 32.5 Å². The molecule has 0 amide bonds. The number of aryl methyl sites for hydroxylation is 1. The van der Waals surface area contributed by atoms with Gasteiger partial charge in [-0.2, -0.15) is 0 Å². The van der Waals surface area contributed by atoms with Crippen molar-refractivity contribution in [2.45, 2.75) is 27.4 Å². The lowest BCUT2D eigenvalue weighted by Gasteiger charge is -2.28. The molecule has 0 saturated heterocycles. The van der Waals surface area contributed by atoms with Crippen LogP contribution in [0.4, 0.5) is 0 Å². The van der Waals surface area contributed by atoms with Crippen LogP contribution >= 0.6 is 0 Å². The molecule has 4 heteroatoms. The maximum absolute atomic E-state index is 6.00. The molecule has 0 aliphatic carbocycles. The topological polar surface area (TPSA) is 27.7 Å². The van der Waals surface area contributed by atoms with Gasteiger partial charge in [-0.3, -0.25) is 0 Å². The molecular formula is C35H33O3S+. The van der Waals surface area contributed by atoms with Crippen molar-refractivity contribution in [1.29, 1.82) is 0 Å². The number of fused-ring (bicyclic) bond motifs is 1. The molecule has 0 heterocycles. The molecule has 5 aromatic rings. The maximum Gasteiger partial charge on any atom is 0.216 e. The Morgan fingerprint density at radius 3 is 1.85 bits per heavy atom. The van der Waals surface area contributed by atoms with Crippen LogP contribution in [0.1, 0.15) is 16.7 Å². The van der Waals surface area contributed by atoms with Gasteiger partial charge in [-0.15, -0.1) is 0 Å². The third-order valence-electron chi connectivity index (χ3n) is 6.90. The molecule has 39 heavy (non-hydrogen) atoms. The quantitative estimate of drug-likeness (QED) is 0.141. The van der Waals surface area contributed by atoms with Gasteiger partial charge in [0.1, 0.15) is 10.9 Å². The molecule has 0 saturated carbocycles. The highest BCUT2D eigenvalue weighted by molar-refractivity contribution is 7.97. The average Bonchev–Trinajstić information content (AvgIpc) is 3.00. The average molecular weight is 534 g/mol. The van der Waals surface area contributed by atoms with E-state index in [1.54, 1.807) is 21.3 Å². The highest BCUT2D eigenvalue weighted by Crippen LogP contribution is 2.42. The summed E-state index contributed by atoms with van der Waals surface area (Å²) in [6.45, 7) is 2.08. The Balaban J connectivity index is 1.66. The molecule has 0 spiro atoms. The fraction of sp³-hybridized carbons (Fsp3) is 0.143. The third-order valence-corrected chi connectivity index (χ3v) is 9.21. The SMILES string of the molecule is COc1ccc2cc(C(/C=C/c3ccc(C)cc3)(OC)OC)ccc2c1[S+](c1ccccc1)c1ccccc1. The van der Waals surface area contributed by atoms with E-state index in [4.69, 9.17) is 14.2 Å². The van der Waals surface area contributed by atoms with Crippen molar-refractivity contribution >= 4 is 27.7 Å². The van der Waals surface area contributed by atoms with Crippen LogP contribution < -0.4 is 4.74 Å². The Hall–Kier alpha value is -3.83. The molecule has 0 atom stereocenters. The molecule has 0 aliphatic heterocycles. The van der Waals surface area contributed by atoms with Crippen LogP contribution in [-0.4, -0.2) is 21.3 Å². The fourth-order valence-electron chi connectivity index (χ4n) is 4.79. The van der Waals surface area contributed by atoms with Gasteiger partial charge in [-0.1, -0.05) is 84.4 Å². The Bertz CT molecular complexity index is 1520. The first kappa shape index (κ1) is 26.8. The van der Waals surface area contributed by atoms with Crippen molar-refractivity contribution in [1.82, 2.24) is 0 Å². The van der Waals surface area contributed by atoms with E-state index in [1.807, 2.05) is 12.2 Å². The lowest BCUT2D eigenvalue weighted by Crippen LogP contribution is -2.28. The standard InChI is InChI=1S/C35H33O3S/c1-26-15-17-27(18-16-26)23-24-35(37-3,38-4)29-20-21-32-28(25-29)19-22-33(36-2)34(32)39(30-11-7-5-8-12-30)31-13-9-6-10-14-31/h5-25H,1-4H3/q+1/b24-23+. The molecule has 5 rings (SSSR count). The van der Waals surface area contributed by atoms with Crippen molar-refractivity contribution in [3.63, 3.8) is 0 Å². The Kier molecular flexibility index (Phi) is 8.18. The molecule has 0 fully saturated rings. The predicted octanol–water partition coefficient (Wildman–Crippen LogP) is 8.41. The summed E-state index contributed by atoms with van der Waals surface area (Å²) in [6.07, 6.45) is 4.01. The molecule has 0 aromatic heterocycles. The summed E-state index contributed by atoms with van der Waals surface area (Å²) in [6, 6.07) is 40.3. The first-order chi connectivity index (χ1) is 19.1. The highest BCUT2D eigenvalue weighted by atomic mass is 32.2. The number of benzene rings is 5.